The fourth-order valence-electron chi connectivity index (χ4n) is 1.21. The number of ether oxygens (including phenoxy) is 1. The van der Waals surface area contributed by atoms with Crippen molar-refractivity contribution in [1.82, 2.24) is 4.98 Å². The lowest BCUT2D eigenvalue weighted by molar-refractivity contribution is -0.116. The Morgan fingerprint density at radius 3 is 2.47 bits per heavy atom. The van der Waals surface area contributed by atoms with Gasteiger partial charge in [-0.2, -0.15) is 0 Å². The Bertz CT molecular complexity index is 436. The lowest BCUT2D eigenvalue weighted by Crippen LogP contribution is -2.09. The number of aromatic nitrogens is 1. The quantitative estimate of drug-likeness (QED) is 0.438. The Morgan fingerprint density at radius 1 is 1.29 bits per heavy atom. The highest BCUT2D eigenvalue weighted by atomic mass is 16.5. The van der Waals surface area contributed by atoms with Crippen LogP contribution in [0.5, 0.6) is 0 Å². The molecule has 5 nitrogen and oxygen atoms in total. The highest BCUT2D eigenvalue weighted by Gasteiger charge is 2.12. The summed E-state index contributed by atoms with van der Waals surface area (Å²) in [5.74, 6) is -1.04. The third kappa shape index (κ3) is 3.79. The molecule has 0 atom stereocenters. The summed E-state index contributed by atoms with van der Waals surface area (Å²) in [4.78, 5) is 37.4. The molecule has 0 aliphatic heterocycles. The van der Waals surface area contributed by atoms with Gasteiger partial charge in [0.2, 0.25) is 0 Å². The van der Waals surface area contributed by atoms with Crippen molar-refractivity contribution in [1.29, 1.82) is 0 Å². The Hall–Kier alpha value is -2.04. The van der Waals surface area contributed by atoms with Crippen LogP contribution in [0.3, 0.4) is 0 Å². The van der Waals surface area contributed by atoms with Crippen molar-refractivity contribution in [2.24, 2.45) is 0 Å². The molecule has 1 rings (SSSR count). The maximum atomic E-state index is 11.5. The number of rotatable bonds is 5. The molecular formula is C12H13NO4. The third-order valence-electron chi connectivity index (χ3n) is 1.98. The van der Waals surface area contributed by atoms with Crippen LogP contribution in [-0.2, 0) is 9.53 Å². The van der Waals surface area contributed by atoms with Crippen LogP contribution in [0, 0.1) is 0 Å². The second-order valence-electron chi connectivity index (χ2n) is 3.45. The van der Waals surface area contributed by atoms with E-state index in [1.54, 1.807) is 6.92 Å². The number of carbonyl (C=O) groups excluding carboxylic acids is 3. The van der Waals surface area contributed by atoms with Crippen molar-refractivity contribution >= 4 is 17.5 Å². The molecule has 0 N–H and O–H groups in total. The summed E-state index contributed by atoms with van der Waals surface area (Å²) in [6.07, 6.45) is 1.12. The highest BCUT2D eigenvalue weighted by molar-refractivity contribution is 6.07. The number of hydrogen-bond acceptors (Lipinski definition) is 5. The summed E-state index contributed by atoms with van der Waals surface area (Å²) < 4.78 is 4.75. The molecule has 0 saturated heterocycles. The Balaban J connectivity index is 2.77. The minimum absolute atomic E-state index is 0.145. The van der Waals surface area contributed by atoms with Crippen LogP contribution in [0.2, 0.25) is 0 Å². The van der Waals surface area contributed by atoms with E-state index in [1.165, 1.54) is 25.3 Å². The first-order valence-electron chi connectivity index (χ1n) is 5.20. The highest BCUT2D eigenvalue weighted by Crippen LogP contribution is 2.05. The van der Waals surface area contributed by atoms with E-state index >= 15 is 0 Å². The second kappa shape index (κ2) is 5.89. The van der Waals surface area contributed by atoms with Crippen molar-refractivity contribution in [3.63, 3.8) is 0 Å². The normalized spacial score (nSPS) is 9.76. The zero-order valence-electron chi connectivity index (χ0n) is 9.73. The van der Waals surface area contributed by atoms with Crippen LogP contribution in [0.25, 0.3) is 0 Å². The summed E-state index contributed by atoms with van der Waals surface area (Å²) in [6.45, 7) is 3.31. The van der Waals surface area contributed by atoms with Gasteiger partial charge in [-0.05, 0) is 26.0 Å². The van der Waals surface area contributed by atoms with Gasteiger partial charge in [0.1, 0.15) is 11.5 Å². The first-order chi connectivity index (χ1) is 8.04. The van der Waals surface area contributed by atoms with Crippen molar-refractivity contribution in [2.75, 3.05) is 6.61 Å². The molecule has 0 radical (unpaired) electrons. The summed E-state index contributed by atoms with van der Waals surface area (Å²) in [7, 11) is 0. The molecule has 90 valence electrons. The van der Waals surface area contributed by atoms with E-state index in [1.807, 2.05) is 0 Å². The maximum Gasteiger partial charge on any atom is 0.356 e. The number of nitrogens with zero attached hydrogens (tertiary/aromatic N) is 1. The van der Waals surface area contributed by atoms with Gasteiger partial charge in [-0.1, -0.05) is 0 Å². The summed E-state index contributed by atoms with van der Waals surface area (Å²) in [6, 6.07) is 2.87. The van der Waals surface area contributed by atoms with Gasteiger partial charge >= 0.3 is 5.97 Å². The average Bonchev–Trinajstić information content (AvgIpc) is 2.28. The van der Waals surface area contributed by atoms with Crippen molar-refractivity contribution in [3.05, 3.63) is 29.6 Å². The molecule has 17 heavy (non-hydrogen) atoms. The van der Waals surface area contributed by atoms with E-state index in [9.17, 15) is 14.4 Å². The second-order valence-corrected chi connectivity index (χ2v) is 3.45. The van der Waals surface area contributed by atoms with Gasteiger partial charge in [0.05, 0.1) is 13.0 Å². The Morgan fingerprint density at radius 2 is 2.00 bits per heavy atom. The van der Waals surface area contributed by atoms with E-state index in [2.05, 4.69) is 4.98 Å². The monoisotopic (exact) mass is 235 g/mol. The molecule has 0 spiro atoms. The fourth-order valence-corrected chi connectivity index (χ4v) is 1.21. The number of Topliss-reactive ketones (excluding diaryl/α,β-unsaturated/α-hetero) is 2. The number of hydrogen-bond donors (Lipinski definition) is 0. The summed E-state index contributed by atoms with van der Waals surface area (Å²) in [5, 5.41) is 0. The van der Waals surface area contributed by atoms with Gasteiger partial charge in [0.15, 0.2) is 5.78 Å². The van der Waals surface area contributed by atoms with Crippen molar-refractivity contribution in [3.8, 4) is 0 Å². The molecule has 0 aliphatic carbocycles. The summed E-state index contributed by atoms with van der Waals surface area (Å²) >= 11 is 0. The molecule has 0 amide bonds. The average molecular weight is 235 g/mol. The third-order valence-corrected chi connectivity index (χ3v) is 1.98. The van der Waals surface area contributed by atoms with Gasteiger partial charge in [0, 0.05) is 11.8 Å². The minimum Gasteiger partial charge on any atom is -0.461 e. The molecular weight excluding hydrogens is 222 g/mol. The van der Waals surface area contributed by atoms with E-state index in [0.717, 1.165) is 0 Å². The number of esters is 1. The van der Waals surface area contributed by atoms with Crippen molar-refractivity contribution in [2.45, 2.75) is 20.3 Å². The standard InChI is InChI=1S/C12H13NO4/c1-3-17-12(16)10-5-4-9(7-13-10)11(15)6-8(2)14/h4-5,7H,3,6H2,1-2H3. The van der Waals surface area contributed by atoms with Gasteiger partial charge < -0.3 is 4.74 Å². The van der Waals surface area contributed by atoms with E-state index in [-0.39, 0.29) is 30.3 Å². The van der Waals surface area contributed by atoms with Gasteiger partial charge in [0.25, 0.3) is 0 Å². The van der Waals surface area contributed by atoms with Crippen LogP contribution in [0.15, 0.2) is 18.3 Å². The number of carbonyl (C=O) groups is 3. The lowest BCUT2D eigenvalue weighted by Gasteiger charge is -2.02. The molecule has 1 aromatic rings. The first kappa shape index (κ1) is 13.0. The molecule has 0 aliphatic rings. The minimum atomic E-state index is -0.530. The topological polar surface area (TPSA) is 73.3 Å². The first-order valence-corrected chi connectivity index (χ1v) is 5.20. The molecule has 0 bridgehead atoms. The van der Waals surface area contributed by atoms with Crippen LogP contribution in [0.4, 0.5) is 0 Å². The molecule has 0 saturated carbocycles. The van der Waals surface area contributed by atoms with E-state index < -0.39 is 5.97 Å². The zero-order chi connectivity index (χ0) is 12.8. The Kier molecular flexibility index (Phi) is 4.51. The fraction of sp³-hybridized carbons (Fsp3) is 0.333. The van der Waals surface area contributed by atoms with Crippen molar-refractivity contribution < 1.29 is 19.1 Å². The molecule has 5 heteroatoms. The molecule has 0 unspecified atom stereocenters. The van der Waals surface area contributed by atoms with Gasteiger partial charge in [-0.25, -0.2) is 9.78 Å². The van der Waals surface area contributed by atoms with Crippen LogP contribution >= 0.6 is 0 Å². The van der Waals surface area contributed by atoms with Crippen LogP contribution in [-0.4, -0.2) is 29.1 Å². The maximum absolute atomic E-state index is 11.5. The molecule has 1 heterocycles. The predicted octanol–water partition coefficient (Wildman–Crippen LogP) is 1.42. The molecule has 0 fully saturated rings. The smallest absolute Gasteiger partial charge is 0.356 e. The van der Waals surface area contributed by atoms with Crippen LogP contribution in [0.1, 0.15) is 41.1 Å². The SMILES string of the molecule is CCOC(=O)c1ccc(C(=O)CC(C)=O)cn1. The number of ketones is 2. The number of pyridine rings is 1. The largest absolute Gasteiger partial charge is 0.461 e. The lowest BCUT2D eigenvalue weighted by atomic mass is 10.1. The Labute approximate surface area is 98.8 Å². The van der Waals surface area contributed by atoms with Crippen LogP contribution < -0.4 is 0 Å². The van der Waals surface area contributed by atoms with Gasteiger partial charge in [-0.15, -0.1) is 0 Å². The zero-order valence-corrected chi connectivity index (χ0v) is 9.73. The summed E-state index contributed by atoms with van der Waals surface area (Å²) in [5.41, 5.74) is 0.458. The predicted molar refractivity (Wildman–Crippen MR) is 59.8 cm³/mol. The van der Waals surface area contributed by atoms with Gasteiger partial charge in [-0.3, -0.25) is 9.59 Å². The molecule has 1 aromatic heterocycles. The van der Waals surface area contributed by atoms with E-state index in [0.29, 0.717) is 5.56 Å². The van der Waals surface area contributed by atoms with E-state index in [4.69, 9.17) is 4.74 Å². The molecule has 0 aromatic carbocycles.